The van der Waals surface area contributed by atoms with Gasteiger partial charge in [0.15, 0.2) is 0 Å². The summed E-state index contributed by atoms with van der Waals surface area (Å²) >= 11 is 0. The molecule has 2 aliphatic carbocycles. The first-order valence-electron chi connectivity index (χ1n) is 6.62. The molecular formula is C14H24O. The van der Waals surface area contributed by atoms with Crippen LogP contribution < -0.4 is 0 Å². The number of hydrogen-bond donors (Lipinski definition) is 1. The molecule has 0 aromatic carbocycles. The molecular weight excluding hydrogens is 184 g/mol. The van der Waals surface area contributed by atoms with Crippen molar-refractivity contribution < 1.29 is 5.11 Å². The van der Waals surface area contributed by atoms with Gasteiger partial charge in [0.2, 0.25) is 0 Å². The molecule has 1 nitrogen and oxygen atoms in total. The third-order valence-electron chi connectivity index (χ3n) is 4.56. The van der Waals surface area contributed by atoms with E-state index in [9.17, 15) is 5.11 Å². The minimum Gasteiger partial charge on any atom is -0.386 e. The average molecular weight is 208 g/mol. The maximum absolute atomic E-state index is 10.6. The first-order chi connectivity index (χ1) is 7.26. The van der Waals surface area contributed by atoms with Crippen molar-refractivity contribution in [3.8, 4) is 0 Å². The number of aliphatic hydroxyl groups is 1. The minimum atomic E-state index is -0.541. The van der Waals surface area contributed by atoms with Crippen LogP contribution >= 0.6 is 0 Å². The zero-order valence-corrected chi connectivity index (χ0v) is 9.75. The van der Waals surface area contributed by atoms with Crippen molar-refractivity contribution in [3.05, 3.63) is 12.7 Å². The van der Waals surface area contributed by atoms with Crippen molar-refractivity contribution in [1.82, 2.24) is 0 Å². The fraction of sp³-hybridized carbons (Fsp3) is 0.857. The van der Waals surface area contributed by atoms with E-state index in [2.05, 4.69) is 6.58 Å². The highest BCUT2D eigenvalue weighted by Gasteiger charge is 2.40. The summed E-state index contributed by atoms with van der Waals surface area (Å²) in [5.41, 5.74) is -0.541. The molecule has 2 saturated carbocycles. The Hall–Kier alpha value is -0.300. The highest BCUT2D eigenvalue weighted by Crippen LogP contribution is 2.44. The second kappa shape index (κ2) is 4.69. The van der Waals surface area contributed by atoms with Gasteiger partial charge in [-0.1, -0.05) is 51.0 Å². The summed E-state index contributed by atoms with van der Waals surface area (Å²) in [7, 11) is 0. The van der Waals surface area contributed by atoms with E-state index in [-0.39, 0.29) is 0 Å². The molecule has 2 fully saturated rings. The Morgan fingerprint density at radius 2 is 1.67 bits per heavy atom. The summed E-state index contributed by atoms with van der Waals surface area (Å²) in [4.78, 5) is 0. The van der Waals surface area contributed by atoms with E-state index in [4.69, 9.17) is 0 Å². The zero-order valence-electron chi connectivity index (χ0n) is 9.75. The van der Waals surface area contributed by atoms with E-state index in [0.717, 1.165) is 12.3 Å². The molecule has 2 aliphatic rings. The van der Waals surface area contributed by atoms with Gasteiger partial charge in [0.25, 0.3) is 0 Å². The molecule has 1 N–H and O–H groups in total. The molecule has 0 radical (unpaired) electrons. The van der Waals surface area contributed by atoms with Gasteiger partial charge in [0, 0.05) is 0 Å². The molecule has 86 valence electrons. The lowest BCUT2D eigenvalue weighted by atomic mass is 9.65. The largest absolute Gasteiger partial charge is 0.386 e. The molecule has 0 heterocycles. The molecule has 1 heteroatoms. The highest BCUT2D eigenvalue weighted by atomic mass is 16.3. The first-order valence-corrected chi connectivity index (χ1v) is 6.62. The van der Waals surface area contributed by atoms with Crippen molar-refractivity contribution in [2.45, 2.75) is 63.4 Å². The maximum atomic E-state index is 10.6. The Balaban J connectivity index is 2.06. The van der Waals surface area contributed by atoms with E-state index >= 15 is 0 Å². The van der Waals surface area contributed by atoms with Crippen molar-refractivity contribution in [1.29, 1.82) is 0 Å². The van der Waals surface area contributed by atoms with Crippen LogP contribution in [0.15, 0.2) is 12.7 Å². The van der Waals surface area contributed by atoms with Crippen molar-refractivity contribution in [3.63, 3.8) is 0 Å². The minimum absolute atomic E-state index is 0.504. The van der Waals surface area contributed by atoms with Gasteiger partial charge < -0.3 is 5.11 Å². The summed E-state index contributed by atoms with van der Waals surface area (Å²) in [5.74, 6) is 1.27. The quantitative estimate of drug-likeness (QED) is 0.686. The summed E-state index contributed by atoms with van der Waals surface area (Å²) in [5, 5.41) is 10.6. The Morgan fingerprint density at radius 3 is 2.33 bits per heavy atom. The molecule has 0 aromatic heterocycles. The van der Waals surface area contributed by atoms with Gasteiger partial charge in [-0.05, 0) is 24.7 Å². The molecule has 0 aromatic rings. The summed E-state index contributed by atoms with van der Waals surface area (Å²) in [6.45, 7) is 3.85. The topological polar surface area (TPSA) is 20.2 Å². The predicted octanol–water partition coefficient (Wildman–Crippen LogP) is 3.67. The van der Waals surface area contributed by atoms with E-state index in [1.165, 1.54) is 51.4 Å². The van der Waals surface area contributed by atoms with Crippen LogP contribution in [0.2, 0.25) is 0 Å². The third-order valence-corrected chi connectivity index (χ3v) is 4.56. The fourth-order valence-corrected chi connectivity index (χ4v) is 3.64. The number of rotatable bonds is 2. The normalized spacial score (nSPS) is 38.9. The predicted molar refractivity (Wildman–Crippen MR) is 63.7 cm³/mol. The van der Waals surface area contributed by atoms with Crippen LogP contribution in [-0.4, -0.2) is 10.7 Å². The van der Waals surface area contributed by atoms with Crippen LogP contribution in [0.25, 0.3) is 0 Å². The molecule has 0 saturated heterocycles. The second-order valence-electron chi connectivity index (χ2n) is 5.45. The van der Waals surface area contributed by atoms with Crippen molar-refractivity contribution >= 4 is 0 Å². The summed E-state index contributed by atoms with van der Waals surface area (Å²) < 4.78 is 0. The average Bonchev–Trinajstić information content (AvgIpc) is 2.31. The zero-order chi connectivity index (χ0) is 10.7. The molecule has 0 spiro atoms. The Morgan fingerprint density at radius 1 is 1.00 bits per heavy atom. The van der Waals surface area contributed by atoms with E-state index in [1.807, 2.05) is 6.08 Å². The summed E-state index contributed by atoms with van der Waals surface area (Å²) in [6, 6.07) is 0. The van der Waals surface area contributed by atoms with Gasteiger partial charge >= 0.3 is 0 Å². The molecule has 15 heavy (non-hydrogen) atoms. The van der Waals surface area contributed by atoms with Crippen LogP contribution in [0.5, 0.6) is 0 Å². The van der Waals surface area contributed by atoms with Gasteiger partial charge in [-0.25, -0.2) is 0 Å². The molecule has 0 aliphatic heterocycles. The van der Waals surface area contributed by atoms with Gasteiger partial charge in [-0.2, -0.15) is 0 Å². The second-order valence-corrected chi connectivity index (χ2v) is 5.45. The van der Waals surface area contributed by atoms with Crippen molar-refractivity contribution in [2.24, 2.45) is 11.8 Å². The molecule has 2 atom stereocenters. The van der Waals surface area contributed by atoms with Gasteiger partial charge in [0.05, 0.1) is 5.60 Å². The summed E-state index contributed by atoms with van der Waals surface area (Å²) in [6.07, 6.45) is 13.3. The standard InChI is InChI=1S/C14H24O/c1-2-14(15)11-7-6-10-13(14)12-8-4-3-5-9-12/h2,12-13,15H,1,3-11H2. The van der Waals surface area contributed by atoms with Crippen LogP contribution in [-0.2, 0) is 0 Å². The van der Waals surface area contributed by atoms with E-state index in [1.54, 1.807) is 0 Å². The lowest BCUT2D eigenvalue weighted by molar-refractivity contribution is -0.0385. The maximum Gasteiger partial charge on any atom is 0.0855 e. The van der Waals surface area contributed by atoms with E-state index < -0.39 is 5.60 Å². The van der Waals surface area contributed by atoms with Gasteiger partial charge in [-0.15, -0.1) is 6.58 Å². The van der Waals surface area contributed by atoms with Crippen LogP contribution in [0, 0.1) is 11.8 Å². The molecule has 0 amide bonds. The van der Waals surface area contributed by atoms with E-state index in [0.29, 0.717) is 5.92 Å². The lowest BCUT2D eigenvalue weighted by Gasteiger charge is -2.43. The van der Waals surface area contributed by atoms with Gasteiger partial charge in [-0.3, -0.25) is 0 Å². The smallest absolute Gasteiger partial charge is 0.0855 e. The Labute approximate surface area is 93.6 Å². The van der Waals surface area contributed by atoms with Crippen LogP contribution in [0.1, 0.15) is 57.8 Å². The van der Waals surface area contributed by atoms with Crippen LogP contribution in [0.4, 0.5) is 0 Å². The SMILES string of the molecule is C=CC1(O)CCCCC1C1CCCCC1. The highest BCUT2D eigenvalue weighted by molar-refractivity contribution is 5.04. The van der Waals surface area contributed by atoms with Crippen molar-refractivity contribution in [2.75, 3.05) is 0 Å². The van der Waals surface area contributed by atoms with Gasteiger partial charge in [0.1, 0.15) is 0 Å². The molecule has 0 bridgehead atoms. The monoisotopic (exact) mass is 208 g/mol. The first kappa shape index (κ1) is 11.2. The lowest BCUT2D eigenvalue weighted by Crippen LogP contribution is -2.43. The molecule has 2 unspecified atom stereocenters. The third kappa shape index (κ3) is 2.28. The van der Waals surface area contributed by atoms with Crippen LogP contribution in [0.3, 0.4) is 0 Å². The number of hydrogen-bond acceptors (Lipinski definition) is 1. The fourth-order valence-electron chi connectivity index (χ4n) is 3.64. The Bertz CT molecular complexity index is 217. The molecule has 2 rings (SSSR count). The Kier molecular flexibility index (Phi) is 3.50.